The van der Waals surface area contributed by atoms with E-state index in [0.29, 0.717) is 11.4 Å². The maximum atomic E-state index is 11.6. The van der Waals surface area contributed by atoms with E-state index in [0.717, 1.165) is 9.13 Å². The normalized spacial score (nSPS) is 10.1. The molecule has 0 bridgehead atoms. The fraction of sp³-hybridized carbons (Fsp3) is 0.188. The van der Waals surface area contributed by atoms with Gasteiger partial charge in [0.05, 0.1) is 13.0 Å². The third-order valence-electron chi connectivity index (χ3n) is 2.75. The van der Waals surface area contributed by atoms with Crippen LogP contribution < -0.4 is 10.5 Å². The molecular weight excluding hydrogens is 381 g/mol. The van der Waals surface area contributed by atoms with Gasteiger partial charge < -0.3 is 15.2 Å². The van der Waals surface area contributed by atoms with E-state index in [1.807, 2.05) is 24.3 Å². The zero-order valence-electron chi connectivity index (χ0n) is 11.4. The minimum atomic E-state index is -0.280. The number of halogens is 1. The second-order valence-electron chi connectivity index (χ2n) is 4.46. The summed E-state index contributed by atoms with van der Waals surface area (Å²) in [7, 11) is 0. The van der Waals surface area contributed by atoms with Gasteiger partial charge in [0, 0.05) is 15.3 Å². The van der Waals surface area contributed by atoms with Crippen LogP contribution >= 0.6 is 22.6 Å². The fourth-order valence-corrected chi connectivity index (χ4v) is 2.03. The smallest absolute Gasteiger partial charge is 0.309 e. The second-order valence-corrected chi connectivity index (χ2v) is 5.70. The maximum absolute atomic E-state index is 11.6. The first kappa shape index (κ1) is 15.6. The van der Waals surface area contributed by atoms with E-state index in [1.165, 1.54) is 0 Å². The van der Waals surface area contributed by atoms with Crippen molar-refractivity contribution in [2.24, 2.45) is 0 Å². The molecule has 0 saturated heterocycles. The van der Waals surface area contributed by atoms with Gasteiger partial charge in [-0.1, -0.05) is 18.2 Å². The van der Waals surface area contributed by atoms with Crippen LogP contribution in [-0.4, -0.2) is 12.6 Å². The lowest BCUT2D eigenvalue weighted by molar-refractivity contribution is -0.145. The van der Waals surface area contributed by atoms with Gasteiger partial charge in [-0.25, -0.2) is 0 Å². The van der Waals surface area contributed by atoms with Gasteiger partial charge in [0.25, 0.3) is 0 Å². The van der Waals surface area contributed by atoms with Gasteiger partial charge in [-0.15, -0.1) is 0 Å². The van der Waals surface area contributed by atoms with Crippen molar-refractivity contribution in [3.63, 3.8) is 0 Å². The van der Waals surface area contributed by atoms with E-state index in [2.05, 4.69) is 22.6 Å². The Morgan fingerprint density at radius 3 is 2.62 bits per heavy atom. The van der Waals surface area contributed by atoms with E-state index in [9.17, 15) is 4.79 Å². The molecule has 2 aromatic rings. The van der Waals surface area contributed by atoms with Crippen molar-refractivity contribution in [1.82, 2.24) is 0 Å². The summed E-state index contributed by atoms with van der Waals surface area (Å²) < 4.78 is 11.8. The van der Waals surface area contributed by atoms with Crippen LogP contribution in [0.5, 0.6) is 5.75 Å². The number of benzene rings is 2. The van der Waals surface area contributed by atoms with E-state index in [1.54, 1.807) is 24.3 Å². The van der Waals surface area contributed by atoms with Crippen LogP contribution in [0.4, 0.5) is 5.69 Å². The molecule has 0 amide bonds. The van der Waals surface area contributed by atoms with Crippen LogP contribution in [0.1, 0.15) is 12.0 Å². The van der Waals surface area contributed by atoms with Crippen molar-refractivity contribution in [3.05, 3.63) is 57.7 Å². The Hall–Kier alpha value is -1.76. The Morgan fingerprint density at radius 1 is 1.14 bits per heavy atom. The molecule has 0 saturated carbocycles. The van der Waals surface area contributed by atoms with Crippen LogP contribution in [0, 0.1) is 3.57 Å². The zero-order valence-corrected chi connectivity index (χ0v) is 13.6. The van der Waals surface area contributed by atoms with Gasteiger partial charge in [0.2, 0.25) is 0 Å². The average molecular weight is 397 g/mol. The summed E-state index contributed by atoms with van der Waals surface area (Å²) in [4.78, 5) is 11.6. The number of nitrogen functional groups attached to an aromatic ring is 1. The minimum Gasteiger partial charge on any atom is -0.493 e. The molecule has 0 spiro atoms. The molecule has 0 fully saturated rings. The number of ether oxygens (including phenoxy) is 2. The van der Waals surface area contributed by atoms with E-state index >= 15 is 0 Å². The molecule has 5 heteroatoms. The van der Waals surface area contributed by atoms with Gasteiger partial charge in [0.1, 0.15) is 12.4 Å². The Morgan fingerprint density at radius 2 is 1.90 bits per heavy atom. The quantitative estimate of drug-likeness (QED) is 0.461. The number of esters is 1. The number of hydrogen-bond donors (Lipinski definition) is 1. The van der Waals surface area contributed by atoms with E-state index < -0.39 is 0 Å². The summed E-state index contributed by atoms with van der Waals surface area (Å²) in [6.45, 7) is 0.559. The predicted octanol–water partition coefficient (Wildman–Crippen LogP) is 3.39. The molecule has 0 aromatic heterocycles. The summed E-state index contributed by atoms with van der Waals surface area (Å²) in [5, 5.41) is 0. The molecule has 0 aliphatic carbocycles. The largest absolute Gasteiger partial charge is 0.493 e. The van der Waals surface area contributed by atoms with Crippen molar-refractivity contribution < 1.29 is 14.3 Å². The van der Waals surface area contributed by atoms with Crippen LogP contribution in [-0.2, 0) is 16.1 Å². The molecule has 2 N–H and O–H groups in total. The van der Waals surface area contributed by atoms with Gasteiger partial charge in [-0.2, -0.15) is 0 Å². The zero-order chi connectivity index (χ0) is 15.1. The highest BCUT2D eigenvalue weighted by Crippen LogP contribution is 2.14. The lowest BCUT2D eigenvalue weighted by Crippen LogP contribution is -2.10. The van der Waals surface area contributed by atoms with Crippen molar-refractivity contribution in [2.75, 3.05) is 12.3 Å². The molecule has 0 radical (unpaired) electrons. The maximum Gasteiger partial charge on any atom is 0.309 e. The number of nitrogens with two attached hydrogens (primary N) is 1. The Balaban J connectivity index is 1.69. The van der Waals surface area contributed by atoms with E-state index in [4.69, 9.17) is 15.2 Å². The summed E-state index contributed by atoms with van der Waals surface area (Å²) >= 11 is 2.23. The van der Waals surface area contributed by atoms with Crippen LogP contribution in [0.15, 0.2) is 48.5 Å². The monoisotopic (exact) mass is 397 g/mol. The average Bonchev–Trinajstić information content (AvgIpc) is 2.47. The van der Waals surface area contributed by atoms with Crippen LogP contribution in [0.2, 0.25) is 0 Å². The number of anilines is 1. The summed E-state index contributed by atoms with van der Waals surface area (Å²) in [5.74, 6) is 0.373. The van der Waals surface area contributed by atoms with Gasteiger partial charge in [0.15, 0.2) is 0 Å². The Labute approximate surface area is 137 Å². The first-order valence-electron chi connectivity index (χ1n) is 6.52. The minimum absolute atomic E-state index is 0.208. The van der Waals surface area contributed by atoms with Crippen LogP contribution in [0.25, 0.3) is 0 Å². The Kier molecular flexibility index (Phi) is 5.86. The molecule has 0 aliphatic heterocycles. The van der Waals surface area contributed by atoms with Crippen LogP contribution in [0.3, 0.4) is 0 Å². The fourth-order valence-electron chi connectivity index (χ4n) is 1.67. The lowest BCUT2D eigenvalue weighted by atomic mass is 10.2. The third-order valence-corrected chi connectivity index (χ3v) is 3.47. The van der Waals surface area contributed by atoms with E-state index in [-0.39, 0.29) is 25.6 Å². The molecule has 2 rings (SSSR count). The van der Waals surface area contributed by atoms with Crippen molar-refractivity contribution in [1.29, 1.82) is 0 Å². The third kappa shape index (κ3) is 5.63. The first-order chi connectivity index (χ1) is 10.1. The summed E-state index contributed by atoms with van der Waals surface area (Å²) in [6, 6.07) is 14.9. The molecule has 0 unspecified atom stereocenters. The highest BCUT2D eigenvalue weighted by atomic mass is 127. The number of rotatable bonds is 6. The van der Waals surface area contributed by atoms with Gasteiger partial charge in [-0.05, 0) is 52.4 Å². The van der Waals surface area contributed by atoms with Crippen molar-refractivity contribution in [3.8, 4) is 5.75 Å². The first-order valence-corrected chi connectivity index (χ1v) is 7.60. The summed E-state index contributed by atoms with van der Waals surface area (Å²) in [6.07, 6.45) is 0.208. The van der Waals surface area contributed by atoms with Crippen molar-refractivity contribution >= 4 is 34.2 Å². The van der Waals surface area contributed by atoms with Gasteiger partial charge >= 0.3 is 5.97 Å². The molecule has 4 nitrogen and oxygen atoms in total. The molecule has 0 aliphatic rings. The molecule has 0 atom stereocenters. The second kappa shape index (κ2) is 7.87. The highest BCUT2D eigenvalue weighted by molar-refractivity contribution is 14.1. The molecule has 0 heterocycles. The van der Waals surface area contributed by atoms with Crippen molar-refractivity contribution in [2.45, 2.75) is 13.0 Å². The number of hydrogen-bond acceptors (Lipinski definition) is 4. The summed E-state index contributed by atoms with van der Waals surface area (Å²) in [5.41, 5.74) is 7.25. The SMILES string of the molecule is Nc1cccc(OCCC(=O)OCc2ccc(I)cc2)c1. The highest BCUT2D eigenvalue weighted by Gasteiger charge is 2.04. The molecule has 110 valence electrons. The standard InChI is InChI=1S/C16H16INO3/c17-13-6-4-12(5-7-13)11-21-16(19)8-9-20-15-3-1-2-14(18)10-15/h1-7,10H,8-9,11,18H2. The lowest BCUT2D eigenvalue weighted by Gasteiger charge is -2.07. The Bertz CT molecular complexity index is 599. The molecular formula is C16H16INO3. The topological polar surface area (TPSA) is 61.5 Å². The predicted molar refractivity (Wildman–Crippen MR) is 89.9 cm³/mol. The number of carbonyl (C=O) groups excluding carboxylic acids is 1. The molecule has 2 aromatic carbocycles. The molecule has 21 heavy (non-hydrogen) atoms. The number of carbonyl (C=O) groups is 1. The van der Waals surface area contributed by atoms with Gasteiger partial charge in [-0.3, -0.25) is 4.79 Å².